The summed E-state index contributed by atoms with van der Waals surface area (Å²) in [5.74, 6) is -1.09. The monoisotopic (exact) mass is 340 g/mol. The Morgan fingerprint density at radius 2 is 1.71 bits per heavy atom. The van der Waals surface area contributed by atoms with E-state index in [2.05, 4.69) is 24.5 Å². The van der Waals surface area contributed by atoms with Gasteiger partial charge in [0.2, 0.25) is 11.8 Å². The summed E-state index contributed by atoms with van der Waals surface area (Å²) in [7, 11) is 0. The minimum absolute atomic E-state index is 0.134. The van der Waals surface area contributed by atoms with E-state index in [0.29, 0.717) is 24.2 Å². The lowest BCUT2D eigenvalue weighted by atomic mass is 9.72. The van der Waals surface area contributed by atoms with E-state index in [1.807, 2.05) is 13.8 Å². The molecule has 1 atom stereocenters. The first-order valence-electron chi connectivity index (χ1n) is 8.88. The van der Waals surface area contributed by atoms with Crippen LogP contribution >= 0.6 is 0 Å². The summed E-state index contributed by atoms with van der Waals surface area (Å²) in [5, 5.41) is 14.2. The van der Waals surface area contributed by atoms with Gasteiger partial charge in [-0.1, -0.05) is 27.7 Å². The standard InChI is InChI=1S/C18H32N2O4/c1-12(2)9-14(17(23)24)20-16(22)11-19-15(21)10-13-5-7-18(3,4)8-6-13/h12-14H,5-11H2,1-4H3,(H,19,21)(H,20,22)(H,23,24)/t14-/m0/s1. The average Bonchev–Trinajstić information content (AvgIpc) is 2.46. The van der Waals surface area contributed by atoms with Crippen LogP contribution in [0.15, 0.2) is 0 Å². The molecule has 1 fully saturated rings. The highest BCUT2D eigenvalue weighted by atomic mass is 16.4. The van der Waals surface area contributed by atoms with Gasteiger partial charge >= 0.3 is 5.97 Å². The number of hydrogen-bond donors (Lipinski definition) is 3. The predicted octanol–water partition coefficient (Wildman–Crippen LogP) is 2.32. The number of rotatable bonds is 8. The first-order chi connectivity index (χ1) is 11.1. The molecule has 6 nitrogen and oxygen atoms in total. The second-order valence-corrected chi connectivity index (χ2v) is 8.18. The summed E-state index contributed by atoms with van der Waals surface area (Å²) in [6, 6.07) is -0.907. The SMILES string of the molecule is CC(C)C[C@H](NC(=O)CNC(=O)CC1CCC(C)(C)CC1)C(=O)O. The molecule has 6 heteroatoms. The van der Waals surface area contributed by atoms with Crippen LogP contribution in [-0.4, -0.2) is 35.5 Å². The minimum atomic E-state index is -1.05. The van der Waals surface area contributed by atoms with Gasteiger partial charge in [0.1, 0.15) is 6.04 Å². The van der Waals surface area contributed by atoms with Crippen molar-refractivity contribution in [1.82, 2.24) is 10.6 Å². The van der Waals surface area contributed by atoms with Gasteiger partial charge in [0.25, 0.3) is 0 Å². The molecule has 1 rings (SSSR count). The van der Waals surface area contributed by atoms with E-state index in [1.165, 1.54) is 0 Å². The lowest BCUT2D eigenvalue weighted by Gasteiger charge is -2.34. The third kappa shape index (κ3) is 7.79. The van der Waals surface area contributed by atoms with Crippen LogP contribution in [0.4, 0.5) is 0 Å². The van der Waals surface area contributed by atoms with Gasteiger partial charge in [0.15, 0.2) is 0 Å². The Labute approximate surface area is 144 Å². The zero-order chi connectivity index (χ0) is 18.3. The quantitative estimate of drug-likeness (QED) is 0.632. The average molecular weight is 340 g/mol. The molecule has 0 heterocycles. The Morgan fingerprint density at radius 1 is 1.12 bits per heavy atom. The van der Waals surface area contributed by atoms with Crippen LogP contribution in [0.5, 0.6) is 0 Å². The summed E-state index contributed by atoms with van der Waals surface area (Å²) < 4.78 is 0. The third-order valence-corrected chi connectivity index (χ3v) is 4.72. The van der Waals surface area contributed by atoms with Gasteiger partial charge in [-0.15, -0.1) is 0 Å². The normalized spacial score (nSPS) is 18.9. The van der Waals surface area contributed by atoms with E-state index in [9.17, 15) is 14.4 Å². The van der Waals surface area contributed by atoms with Crippen molar-refractivity contribution >= 4 is 17.8 Å². The molecule has 3 N–H and O–H groups in total. The second kappa shape index (κ2) is 9.04. The Balaban J connectivity index is 2.30. The van der Waals surface area contributed by atoms with Gasteiger partial charge in [-0.2, -0.15) is 0 Å². The molecule has 0 radical (unpaired) electrons. The van der Waals surface area contributed by atoms with Crippen molar-refractivity contribution in [3.8, 4) is 0 Å². The van der Waals surface area contributed by atoms with Crippen molar-refractivity contribution in [2.75, 3.05) is 6.54 Å². The maximum Gasteiger partial charge on any atom is 0.326 e. The topological polar surface area (TPSA) is 95.5 Å². The van der Waals surface area contributed by atoms with Crippen LogP contribution in [-0.2, 0) is 14.4 Å². The third-order valence-electron chi connectivity index (χ3n) is 4.72. The highest BCUT2D eigenvalue weighted by Crippen LogP contribution is 2.39. The molecule has 24 heavy (non-hydrogen) atoms. The lowest BCUT2D eigenvalue weighted by molar-refractivity contribution is -0.142. The number of carbonyl (C=O) groups excluding carboxylic acids is 2. The number of amides is 2. The largest absolute Gasteiger partial charge is 0.480 e. The summed E-state index contributed by atoms with van der Waals surface area (Å²) in [6.07, 6.45) is 5.15. The maximum absolute atomic E-state index is 12.0. The van der Waals surface area contributed by atoms with E-state index in [1.54, 1.807) is 0 Å². The zero-order valence-corrected chi connectivity index (χ0v) is 15.4. The summed E-state index contributed by atoms with van der Waals surface area (Å²) in [6.45, 7) is 8.14. The van der Waals surface area contributed by atoms with Crippen LogP contribution in [0.2, 0.25) is 0 Å². The number of carbonyl (C=O) groups is 3. The fourth-order valence-corrected chi connectivity index (χ4v) is 3.11. The van der Waals surface area contributed by atoms with Crippen LogP contribution in [0.1, 0.15) is 66.2 Å². The summed E-state index contributed by atoms with van der Waals surface area (Å²) >= 11 is 0. The predicted molar refractivity (Wildman–Crippen MR) is 92.4 cm³/mol. The molecule has 2 amide bonds. The van der Waals surface area contributed by atoms with E-state index in [0.717, 1.165) is 25.7 Å². The van der Waals surface area contributed by atoms with Gasteiger partial charge in [-0.05, 0) is 49.4 Å². The van der Waals surface area contributed by atoms with E-state index in [4.69, 9.17) is 5.11 Å². The van der Waals surface area contributed by atoms with Gasteiger partial charge in [-0.3, -0.25) is 9.59 Å². The van der Waals surface area contributed by atoms with Crippen molar-refractivity contribution in [3.63, 3.8) is 0 Å². The molecular weight excluding hydrogens is 308 g/mol. The van der Waals surface area contributed by atoms with Gasteiger partial charge in [-0.25, -0.2) is 4.79 Å². The smallest absolute Gasteiger partial charge is 0.326 e. The van der Waals surface area contributed by atoms with Gasteiger partial charge in [0.05, 0.1) is 6.54 Å². The Hall–Kier alpha value is -1.59. The number of aliphatic carboxylic acids is 1. The highest BCUT2D eigenvalue weighted by Gasteiger charge is 2.28. The van der Waals surface area contributed by atoms with E-state index < -0.39 is 17.9 Å². The van der Waals surface area contributed by atoms with Gasteiger partial charge in [0, 0.05) is 6.42 Å². The van der Waals surface area contributed by atoms with E-state index in [-0.39, 0.29) is 18.4 Å². The molecule has 0 aromatic heterocycles. The molecule has 0 bridgehead atoms. The molecule has 0 aromatic carbocycles. The molecular formula is C18H32N2O4. The van der Waals surface area contributed by atoms with Crippen LogP contribution in [0.3, 0.4) is 0 Å². The van der Waals surface area contributed by atoms with Gasteiger partial charge < -0.3 is 15.7 Å². The van der Waals surface area contributed by atoms with Crippen molar-refractivity contribution < 1.29 is 19.5 Å². The lowest BCUT2D eigenvalue weighted by Crippen LogP contribution is -2.46. The molecule has 1 aliphatic rings. The Kier molecular flexibility index (Phi) is 7.70. The summed E-state index contributed by atoms with van der Waals surface area (Å²) in [5.41, 5.74) is 0.370. The highest BCUT2D eigenvalue weighted by molar-refractivity contribution is 5.87. The number of nitrogens with one attached hydrogen (secondary N) is 2. The molecule has 0 aliphatic heterocycles. The minimum Gasteiger partial charge on any atom is -0.480 e. The van der Waals surface area contributed by atoms with Crippen molar-refractivity contribution in [1.29, 1.82) is 0 Å². The number of carboxylic acid groups (broad SMARTS) is 1. The van der Waals surface area contributed by atoms with Crippen molar-refractivity contribution in [2.24, 2.45) is 17.3 Å². The molecule has 0 spiro atoms. The molecule has 138 valence electrons. The molecule has 0 unspecified atom stereocenters. The Morgan fingerprint density at radius 3 is 2.21 bits per heavy atom. The fraction of sp³-hybridized carbons (Fsp3) is 0.833. The van der Waals surface area contributed by atoms with Crippen LogP contribution in [0, 0.1) is 17.3 Å². The molecule has 1 aliphatic carbocycles. The Bertz CT molecular complexity index is 450. The zero-order valence-electron chi connectivity index (χ0n) is 15.4. The van der Waals surface area contributed by atoms with E-state index >= 15 is 0 Å². The van der Waals surface area contributed by atoms with Crippen molar-refractivity contribution in [3.05, 3.63) is 0 Å². The van der Waals surface area contributed by atoms with Crippen molar-refractivity contribution in [2.45, 2.75) is 72.3 Å². The maximum atomic E-state index is 12.0. The van der Waals surface area contributed by atoms with Crippen LogP contribution in [0.25, 0.3) is 0 Å². The fourth-order valence-electron chi connectivity index (χ4n) is 3.11. The summed E-state index contributed by atoms with van der Waals surface area (Å²) in [4.78, 5) is 34.9. The second-order valence-electron chi connectivity index (χ2n) is 8.18. The molecule has 0 saturated heterocycles. The molecule has 0 aromatic rings. The van der Waals surface area contributed by atoms with Crippen LogP contribution < -0.4 is 10.6 Å². The number of carboxylic acids is 1. The molecule has 1 saturated carbocycles. The first kappa shape index (κ1) is 20.5. The number of hydrogen-bond acceptors (Lipinski definition) is 3. The first-order valence-corrected chi connectivity index (χ1v) is 8.88.